The summed E-state index contributed by atoms with van der Waals surface area (Å²) in [4.78, 5) is 12.7. The number of aromatic hydroxyl groups is 1. The van der Waals surface area contributed by atoms with E-state index in [1.165, 1.54) is 51.7 Å². The number of hydrogen-bond acceptors (Lipinski definition) is 12. The van der Waals surface area contributed by atoms with Crippen molar-refractivity contribution in [2.75, 3.05) is 27.9 Å². The summed E-state index contributed by atoms with van der Waals surface area (Å²) >= 11 is 0. The highest BCUT2D eigenvalue weighted by atomic mass is 16.7. The molecule has 12 heteroatoms. The van der Waals surface area contributed by atoms with Crippen LogP contribution >= 0.6 is 0 Å². The number of rotatable bonds is 7. The van der Waals surface area contributed by atoms with Crippen molar-refractivity contribution in [3.8, 4) is 40.1 Å². The molecule has 0 aliphatic carbocycles. The molecule has 2 heterocycles. The molecule has 1 aliphatic rings. The van der Waals surface area contributed by atoms with E-state index in [4.69, 9.17) is 28.1 Å². The molecule has 1 fully saturated rings. The zero-order valence-corrected chi connectivity index (χ0v) is 19.6. The van der Waals surface area contributed by atoms with Gasteiger partial charge in [-0.2, -0.15) is 0 Å². The zero-order valence-electron chi connectivity index (χ0n) is 19.6. The quantitative estimate of drug-likeness (QED) is 0.298. The van der Waals surface area contributed by atoms with Gasteiger partial charge in [-0.1, -0.05) is 0 Å². The maximum absolute atomic E-state index is 12.7. The Labute approximate surface area is 204 Å². The van der Waals surface area contributed by atoms with Crippen LogP contribution in [0.25, 0.3) is 22.3 Å². The van der Waals surface area contributed by atoms with Gasteiger partial charge in [0.25, 0.3) is 0 Å². The van der Waals surface area contributed by atoms with Gasteiger partial charge in [-0.25, -0.2) is 0 Å². The minimum atomic E-state index is -1.65. The molecule has 0 saturated carbocycles. The molecular formula is C24H26O12. The van der Waals surface area contributed by atoms with Gasteiger partial charge in [0, 0.05) is 23.8 Å². The lowest BCUT2D eigenvalue weighted by molar-refractivity contribution is -0.277. The van der Waals surface area contributed by atoms with Crippen molar-refractivity contribution in [1.82, 2.24) is 0 Å². The molecule has 4 rings (SSSR count). The van der Waals surface area contributed by atoms with Crippen LogP contribution in [0.1, 0.15) is 0 Å². The second-order valence-corrected chi connectivity index (χ2v) is 8.02. The lowest BCUT2D eigenvalue weighted by atomic mass is 9.99. The van der Waals surface area contributed by atoms with Gasteiger partial charge in [0.15, 0.2) is 16.9 Å². The predicted octanol–water partition coefficient (Wildman–Crippen LogP) is 0.370. The summed E-state index contributed by atoms with van der Waals surface area (Å²) in [6.07, 6.45) is -7.51. The van der Waals surface area contributed by atoms with Crippen LogP contribution in [-0.2, 0) is 4.74 Å². The zero-order chi connectivity index (χ0) is 26.1. The van der Waals surface area contributed by atoms with Crippen LogP contribution in [0.5, 0.6) is 28.7 Å². The first kappa shape index (κ1) is 25.5. The number of phenols is 1. The van der Waals surface area contributed by atoms with Gasteiger partial charge in [-0.3, -0.25) is 4.79 Å². The molecule has 1 aromatic heterocycles. The fourth-order valence-electron chi connectivity index (χ4n) is 3.92. The van der Waals surface area contributed by atoms with Crippen LogP contribution in [0, 0.1) is 0 Å². The molecule has 1 aliphatic heterocycles. The Bertz CT molecular complexity index is 1280. The number of ether oxygens (including phenoxy) is 5. The van der Waals surface area contributed by atoms with Crippen molar-refractivity contribution >= 4 is 11.0 Å². The Kier molecular flexibility index (Phi) is 7.24. The van der Waals surface area contributed by atoms with Crippen LogP contribution in [0.4, 0.5) is 0 Å². The summed E-state index contributed by atoms with van der Waals surface area (Å²) in [5.41, 5.74) is -0.0499. The number of aliphatic hydroxyl groups is 4. The lowest BCUT2D eigenvalue weighted by Gasteiger charge is -2.39. The SMILES string of the molecule is COc1cc(O)c2c(=O)cc(-c3cc(OC)c(O[C@@H]4O[C@H](CO)[C@@H](O)[C@H](O)[C@H]4O)c(OC)c3)oc2c1. The van der Waals surface area contributed by atoms with Gasteiger partial charge in [0.1, 0.15) is 52.6 Å². The summed E-state index contributed by atoms with van der Waals surface area (Å²) in [7, 11) is 4.10. The van der Waals surface area contributed by atoms with E-state index in [-0.39, 0.29) is 39.7 Å². The molecular weight excluding hydrogens is 480 g/mol. The van der Waals surface area contributed by atoms with Gasteiger partial charge >= 0.3 is 0 Å². The van der Waals surface area contributed by atoms with Crippen molar-refractivity contribution in [3.05, 3.63) is 40.6 Å². The lowest BCUT2D eigenvalue weighted by Crippen LogP contribution is -2.60. The van der Waals surface area contributed by atoms with Crippen LogP contribution in [-0.4, -0.2) is 84.2 Å². The molecule has 194 valence electrons. The predicted molar refractivity (Wildman–Crippen MR) is 124 cm³/mol. The molecule has 2 aromatic carbocycles. The van der Waals surface area contributed by atoms with E-state index in [9.17, 15) is 30.3 Å². The second kappa shape index (κ2) is 10.2. The molecule has 5 atom stereocenters. The Morgan fingerprint density at radius 1 is 0.889 bits per heavy atom. The van der Waals surface area contributed by atoms with Crippen LogP contribution in [0.3, 0.4) is 0 Å². The molecule has 0 radical (unpaired) electrons. The fraction of sp³-hybridized carbons (Fsp3) is 0.375. The normalized spacial score (nSPS) is 23.9. The minimum absolute atomic E-state index is 0.0129. The van der Waals surface area contributed by atoms with Gasteiger partial charge in [-0.15, -0.1) is 0 Å². The van der Waals surface area contributed by atoms with Crippen molar-refractivity contribution < 1.29 is 53.6 Å². The summed E-state index contributed by atoms with van der Waals surface area (Å²) in [5.74, 6) is 0.295. The molecule has 5 N–H and O–H groups in total. The van der Waals surface area contributed by atoms with E-state index >= 15 is 0 Å². The van der Waals surface area contributed by atoms with E-state index in [2.05, 4.69) is 0 Å². The molecule has 1 saturated heterocycles. The monoisotopic (exact) mass is 506 g/mol. The number of benzene rings is 2. The number of methoxy groups -OCH3 is 3. The van der Waals surface area contributed by atoms with Gasteiger partial charge in [0.05, 0.1) is 27.9 Å². The average Bonchev–Trinajstić information content (AvgIpc) is 2.88. The molecule has 0 spiro atoms. The van der Waals surface area contributed by atoms with E-state index in [0.717, 1.165) is 0 Å². The van der Waals surface area contributed by atoms with Crippen LogP contribution in [0.2, 0.25) is 0 Å². The third-order valence-corrected chi connectivity index (χ3v) is 5.85. The molecule has 3 aromatic rings. The minimum Gasteiger partial charge on any atom is -0.507 e. The standard InChI is InChI=1S/C24H26O12/c1-31-11-6-12(26)19-13(27)8-14(34-15(19)7-11)10-4-16(32-2)23(17(5-10)33-3)36-24-22(30)21(29)20(28)18(9-25)35-24/h4-8,18,20-22,24-26,28-30H,9H2,1-3H3/t18-,20-,21+,22-,24+/m1/s1. The summed E-state index contributed by atoms with van der Waals surface area (Å²) < 4.78 is 33.0. The van der Waals surface area contributed by atoms with Crippen molar-refractivity contribution in [2.24, 2.45) is 0 Å². The first-order chi connectivity index (χ1) is 17.2. The summed E-state index contributed by atoms with van der Waals surface area (Å²) in [6, 6.07) is 6.92. The third-order valence-electron chi connectivity index (χ3n) is 5.85. The van der Waals surface area contributed by atoms with Crippen molar-refractivity contribution in [2.45, 2.75) is 30.7 Å². The molecule has 0 bridgehead atoms. The van der Waals surface area contributed by atoms with Crippen LogP contribution in [0.15, 0.2) is 39.5 Å². The highest BCUT2D eigenvalue weighted by molar-refractivity contribution is 5.86. The number of phenolic OH excluding ortho intramolecular Hbond substituents is 1. The third kappa shape index (κ3) is 4.52. The highest BCUT2D eigenvalue weighted by Gasteiger charge is 2.45. The average molecular weight is 506 g/mol. The smallest absolute Gasteiger partial charge is 0.229 e. The molecule has 0 amide bonds. The number of fused-ring (bicyclic) bond motifs is 1. The first-order valence-corrected chi connectivity index (χ1v) is 10.8. The fourth-order valence-corrected chi connectivity index (χ4v) is 3.92. The number of hydrogen-bond donors (Lipinski definition) is 5. The van der Waals surface area contributed by atoms with Crippen molar-refractivity contribution in [3.63, 3.8) is 0 Å². The first-order valence-electron chi connectivity index (χ1n) is 10.8. The second-order valence-electron chi connectivity index (χ2n) is 8.02. The number of aliphatic hydroxyl groups excluding tert-OH is 4. The van der Waals surface area contributed by atoms with Gasteiger partial charge in [-0.05, 0) is 12.1 Å². The van der Waals surface area contributed by atoms with Gasteiger partial charge in [0.2, 0.25) is 12.0 Å². The van der Waals surface area contributed by atoms with E-state index in [1.807, 2.05) is 0 Å². The molecule has 0 unspecified atom stereocenters. The van der Waals surface area contributed by atoms with Gasteiger partial charge < -0.3 is 53.6 Å². The van der Waals surface area contributed by atoms with Crippen molar-refractivity contribution in [1.29, 1.82) is 0 Å². The summed E-state index contributed by atoms with van der Waals surface area (Å²) in [5, 5.41) is 50.0. The Morgan fingerprint density at radius 2 is 1.56 bits per heavy atom. The topological polar surface area (TPSA) is 178 Å². The van der Waals surface area contributed by atoms with Crippen LogP contribution < -0.4 is 24.4 Å². The van der Waals surface area contributed by atoms with E-state index in [0.29, 0.717) is 11.3 Å². The molecule has 36 heavy (non-hydrogen) atoms. The maximum Gasteiger partial charge on any atom is 0.229 e. The maximum atomic E-state index is 12.7. The Morgan fingerprint density at radius 3 is 2.14 bits per heavy atom. The largest absolute Gasteiger partial charge is 0.507 e. The Hall–Kier alpha value is -3.55. The Balaban J connectivity index is 1.77. The molecule has 12 nitrogen and oxygen atoms in total. The highest BCUT2D eigenvalue weighted by Crippen LogP contribution is 2.43. The van der Waals surface area contributed by atoms with E-state index < -0.39 is 42.7 Å². The van der Waals surface area contributed by atoms with E-state index in [1.54, 1.807) is 0 Å². The summed E-state index contributed by atoms with van der Waals surface area (Å²) in [6.45, 7) is -0.626.